The third-order valence-electron chi connectivity index (χ3n) is 4.93. The van der Waals surface area contributed by atoms with Gasteiger partial charge >= 0.3 is 0 Å². The van der Waals surface area contributed by atoms with E-state index in [1.807, 2.05) is 56.9 Å². The summed E-state index contributed by atoms with van der Waals surface area (Å²) in [5.41, 5.74) is 3.27. The molecule has 6 nitrogen and oxygen atoms in total. The number of piperazine rings is 1. The fourth-order valence-corrected chi connectivity index (χ4v) is 3.21. The summed E-state index contributed by atoms with van der Waals surface area (Å²) in [7, 11) is 0. The van der Waals surface area contributed by atoms with E-state index in [0.29, 0.717) is 13.1 Å². The van der Waals surface area contributed by atoms with Gasteiger partial charge in [0.05, 0.1) is 5.69 Å². The van der Waals surface area contributed by atoms with Crippen LogP contribution in [0.3, 0.4) is 0 Å². The number of benzene rings is 1. The van der Waals surface area contributed by atoms with E-state index in [9.17, 15) is 4.79 Å². The maximum Gasteiger partial charge on any atom is 0.263 e. The molecule has 6 heteroatoms. The standard InChI is InChI=1S/C20H27N3O3/c1-14-5-7-18(8-6-14)25-17(4)20(24)23-11-9-22(10-12-23)13-19-15(2)21-26-16(19)3/h5-8,17H,9-13H2,1-4H3. The number of carbonyl (C=O) groups is 1. The number of hydrogen-bond acceptors (Lipinski definition) is 5. The number of carbonyl (C=O) groups excluding carboxylic acids is 1. The average Bonchev–Trinajstić information content (AvgIpc) is 2.95. The van der Waals surface area contributed by atoms with Gasteiger partial charge in [-0.2, -0.15) is 0 Å². The largest absolute Gasteiger partial charge is 0.481 e. The lowest BCUT2D eigenvalue weighted by atomic mass is 10.1. The first-order valence-corrected chi connectivity index (χ1v) is 9.10. The summed E-state index contributed by atoms with van der Waals surface area (Å²) in [5, 5.41) is 4.01. The summed E-state index contributed by atoms with van der Waals surface area (Å²) in [6.07, 6.45) is -0.480. The van der Waals surface area contributed by atoms with Crippen molar-refractivity contribution in [3.05, 3.63) is 46.8 Å². The molecule has 2 aromatic rings. The maximum atomic E-state index is 12.7. The van der Waals surface area contributed by atoms with Crippen LogP contribution in [-0.2, 0) is 11.3 Å². The molecule has 140 valence electrons. The Labute approximate surface area is 154 Å². The van der Waals surface area contributed by atoms with Crippen LogP contribution in [0, 0.1) is 20.8 Å². The van der Waals surface area contributed by atoms with E-state index < -0.39 is 6.10 Å². The Bertz CT molecular complexity index is 727. The molecule has 1 aromatic carbocycles. The predicted molar refractivity (Wildman–Crippen MR) is 99.1 cm³/mol. The normalized spacial score (nSPS) is 16.5. The molecule has 1 atom stereocenters. The topological polar surface area (TPSA) is 58.8 Å². The molecule has 1 aliphatic heterocycles. The van der Waals surface area contributed by atoms with Crippen LogP contribution in [0.4, 0.5) is 0 Å². The van der Waals surface area contributed by atoms with Crippen molar-refractivity contribution in [3.8, 4) is 5.75 Å². The fourth-order valence-electron chi connectivity index (χ4n) is 3.21. The van der Waals surface area contributed by atoms with Crippen LogP contribution in [-0.4, -0.2) is 53.1 Å². The summed E-state index contributed by atoms with van der Waals surface area (Å²) < 4.78 is 11.0. The first-order chi connectivity index (χ1) is 12.4. The first kappa shape index (κ1) is 18.5. The van der Waals surface area contributed by atoms with Crippen molar-refractivity contribution >= 4 is 5.91 Å². The molecule has 1 aliphatic rings. The second-order valence-corrected chi connectivity index (χ2v) is 6.98. The van der Waals surface area contributed by atoms with Crippen LogP contribution < -0.4 is 4.74 Å². The predicted octanol–water partition coefficient (Wildman–Crippen LogP) is 2.71. The molecule has 1 fully saturated rings. The molecule has 0 saturated carbocycles. The molecule has 2 heterocycles. The molecule has 0 bridgehead atoms. The van der Waals surface area contributed by atoms with Gasteiger partial charge in [0.25, 0.3) is 5.91 Å². The Kier molecular flexibility index (Phi) is 5.61. The van der Waals surface area contributed by atoms with Gasteiger partial charge in [0.2, 0.25) is 0 Å². The lowest BCUT2D eigenvalue weighted by molar-refractivity contribution is -0.139. The minimum atomic E-state index is -0.480. The third kappa shape index (κ3) is 4.25. The van der Waals surface area contributed by atoms with E-state index >= 15 is 0 Å². The van der Waals surface area contributed by atoms with Gasteiger partial charge in [-0.05, 0) is 39.8 Å². The Morgan fingerprint density at radius 1 is 1.15 bits per heavy atom. The lowest BCUT2D eigenvalue weighted by Gasteiger charge is -2.35. The summed E-state index contributed by atoms with van der Waals surface area (Å²) in [5.74, 6) is 1.65. The second-order valence-electron chi connectivity index (χ2n) is 6.98. The van der Waals surface area contributed by atoms with Gasteiger partial charge in [-0.15, -0.1) is 0 Å². The van der Waals surface area contributed by atoms with Crippen molar-refractivity contribution < 1.29 is 14.1 Å². The third-order valence-corrected chi connectivity index (χ3v) is 4.93. The highest BCUT2D eigenvalue weighted by Crippen LogP contribution is 2.18. The summed E-state index contributed by atoms with van der Waals surface area (Å²) >= 11 is 0. The van der Waals surface area contributed by atoms with E-state index in [1.54, 1.807) is 0 Å². The van der Waals surface area contributed by atoms with Gasteiger partial charge in [-0.3, -0.25) is 9.69 Å². The zero-order chi connectivity index (χ0) is 18.7. The molecular formula is C20H27N3O3. The number of aromatic nitrogens is 1. The zero-order valence-corrected chi connectivity index (χ0v) is 16.0. The molecular weight excluding hydrogens is 330 g/mol. The minimum Gasteiger partial charge on any atom is -0.481 e. The molecule has 1 saturated heterocycles. The second kappa shape index (κ2) is 7.91. The van der Waals surface area contributed by atoms with Crippen molar-refractivity contribution in [1.82, 2.24) is 15.0 Å². The number of hydrogen-bond donors (Lipinski definition) is 0. The number of ether oxygens (including phenoxy) is 1. The Morgan fingerprint density at radius 2 is 1.81 bits per heavy atom. The van der Waals surface area contributed by atoms with E-state index in [1.165, 1.54) is 5.56 Å². The number of nitrogens with zero attached hydrogens (tertiary/aromatic N) is 3. The van der Waals surface area contributed by atoms with Gasteiger partial charge in [-0.25, -0.2) is 0 Å². The van der Waals surface area contributed by atoms with E-state index in [4.69, 9.17) is 9.26 Å². The summed E-state index contributed by atoms with van der Waals surface area (Å²) in [4.78, 5) is 16.9. The number of aryl methyl sites for hydroxylation is 3. The molecule has 0 N–H and O–H groups in total. The minimum absolute atomic E-state index is 0.0440. The summed E-state index contributed by atoms with van der Waals surface area (Å²) in [6.45, 7) is 11.7. The monoisotopic (exact) mass is 357 g/mol. The van der Waals surface area contributed by atoms with E-state index in [0.717, 1.165) is 42.4 Å². The van der Waals surface area contributed by atoms with E-state index in [2.05, 4.69) is 10.1 Å². The Morgan fingerprint density at radius 3 is 2.38 bits per heavy atom. The molecule has 1 amide bonds. The highest BCUT2D eigenvalue weighted by molar-refractivity contribution is 5.81. The molecule has 0 aliphatic carbocycles. The maximum absolute atomic E-state index is 12.7. The van der Waals surface area contributed by atoms with Gasteiger partial charge in [0.1, 0.15) is 11.5 Å². The molecule has 0 radical (unpaired) electrons. The van der Waals surface area contributed by atoms with Gasteiger partial charge in [-0.1, -0.05) is 22.9 Å². The quantitative estimate of drug-likeness (QED) is 0.823. The fraction of sp³-hybridized carbons (Fsp3) is 0.500. The highest BCUT2D eigenvalue weighted by Gasteiger charge is 2.26. The van der Waals surface area contributed by atoms with Crippen LogP contribution in [0.1, 0.15) is 29.5 Å². The van der Waals surface area contributed by atoms with Crippen LogP contribution >= 0.6 is 0 Å². The molecule has 1 aromatic heterocycles. The molecule has 3 rings (SSSR count). The SMILES string of the molecule is Cc1ccc(OC(C)C(=O)N2CCN(Cc3c(C)noc3C)CC2)cc1. The van der Waals surface area contributed by atoms with Gasteiger partial charge in [0, 0.05) is 38.3 Å². The van der Waals surface area contributed by atoms with Crippen LogP contribution in [0.2, 0.25) is 0 Å². The van der Waals surface area contributed by atoms with Crippen LogP contribution in [0.5, 0.6) is 5.75 Å². The van der Waals surface area contributed by atoms with Crippen molar-refractivity contribution in [2.75, 3.05) is 26.2 Å². The number of amides is 1. The van der Waals surface area contributed by atoms with Crippen molar-refractivity contribution in [3.63, 3.8) is 0 Å². The van der Waals surface area contributed by atoms with Crippen LogP contribution in [0.15, 0.2) is 28.8 Å². The van der Waals surface area contributed by atoms with Gasteiger partial charge in [0.15, 0.2) is 6.10 Å². The molecule has 26 heavy (non-hydrogen) atoms. The Balaban J connectivity index is 1.50. The molecule has 1 unspecified atom stereocenters. The van der Waals surface area contributed by atoms with Gasteiger partial charge < -0.3 is 14.2 Å². The average molecular weight is 357 g/mol. The smallest absolute Gasteiger partial charge is 0.263 e. The molecule has 0 spiro atoms. The zero-order valence-electron chi connectivity index (χ0n) is 16.0. The van der Waals surface area contributed by atoms with Crippen molar-refractivity contribution in [2.45, 2.75) is 40.3 Å². The first-order valence-electron chi connectivity index (χ1n) is 9.10. The van der Waals surface area contributed by atoms with E-state index in [-0.39, 0.29) is 5.91 Å². The number of rotatable bonds is 5. The highest BCUT2D eigenvalue weighted by atomic mass is 16.5. The Hall–Kier alpha value is -2.34. The van der Waals surface area contributed by atoms with Crippen molar-refractivity contribution in [2.24, 2.45) is 0 Å². The lowest BCUT2D eigenvalue weighted by Crippen LogP contribution is -2.51. The van der Waals surface area contributed by atoms with Crippen molar-refractivity contribution in [1.29, 1.82) is 0 Å². The van der Waals surface area contributed by atoms with Crippen LogP contribution in [0.25, 0.3) is 0 Å². The summed E-state index contributed by atoms with van der Waals surface area (Å²) in [6, 6.07) is 7.78.